The third-order valence-corrected chi connectivity index (χ3v) is 4.49. The van der Waals surface area contributed by atoms with E-state index < -0.39 is 0 Å². The second kappa shape index (κ2) is 18.1. The first-order valence-electron chi connectivity index (χ1n) is 10.6. The average molecular weight is 418 g/mol. The molecular formula is C26H40ClNO. The van der Waals surface area contributed by atoms with Crippen LogP contribution in [0.1, 0.15) is 82.8 Å². The van der Waals surface area contributed by atoms with E-state index in [2.05, 4.69) is 25.8 Å². The first-order chi connectivity index (χ1) is 13.7. The molecule has 2 nitrogen and oxygen atoms in total. The van der Waals surface area contributed by atoms with Gasteiger partial charge in [-0.05, 0) is 62.9 Å². The predicted molar refractivity (Wildman–Crippen MR) is 132 cm³/mol. The highest BCUT2D eigenvalue weighted by Gasteiger charge is 2.01. The van der Waals surface area contributed by atoms with Gasteiger partial charge in [0.05, 0.1) is 5.69 Å². The zero-order valence-corrected chi connectivity index (χ0v) is 20.6. The molecule has 2 aromatic carbocycles. The van der Waals surface area contributed by atoms with Crippen LogP contribution in [0.5, 0.6) is 0 Å². The Balaban J connectivity index is 0. The van der Waals surface area contributed by atoms with Crippen LogP contribution in [0.2, 0.25) is 5.02 Å². The van der Waals surface area contributed by atoms with E-state index in [9.17, 15) is 4.79 Å². The van der Waals surface area contributed by atoms with Crippen molar-refractivity contribution in [1.29, 1.82) is 0 Å². The molecule has 29 heavy (non-hydrogen) atoms. The smallest absolute Gasteiger partial charge is 0.159 e. The van der Waals surface area contributed by atoms with Crippen molar-refractivity contribution in [3.8, 4) is 0 Å². The quantitative estimate of drug-likeness (QED) is 0.360. The van der Waals surface area contributed by atoms with Crippen LogP contribution in [0.3, 0.4) is 0 Å². The first-order valence-corrected chi connectivity index (χ1v) is 10.9. The molecule has 0 aliphatic rings. The highest BCUT2D eigenvalue weighted by Crippen LogP contribution is 2.19. The number of rotatable bonds is 4. The number of nitrogens with zero attached hydrogens (tertiary/aromatic N) is 1. The van der Waals surface area contributed by atoms with Crippen molar-refractivity contribution in [2.45, 2.75) is 75.2 Å². The van der Waals surface area contributed by atoms with Gasteiger partial charge in [0.25, 0.3) is 0 Å². The summed E-state index contributed by atoms with van der Waals surface area (Å²) in [6.07, 6.45) is 4.39. The maximum atomic E-state index is 11.1. The van der Waals surface area contributed by atoms with E-state index in [-0.39, 0.29) is 5.78 Å². The third kappa shape index (κ3) is 14.7. The zero-order chi connectivity index (χ0) is 22.8. The van der Waals surface area contributed by atoms with Gasteiger partial charge in [-0.2, -0.15) is 0 Å². The van der Waals surface area contributed by atoms with E-state index in [1.165, 1.54) is 18.4 Å². The van der Waals surface area contributed by atoms with Crippen LogP contribution in [-0.2, 0) is 0 Å². The lowest BCUT2D eigenvalue weighted by Gasteiger charge is -2.01. The van der Waals surface area contributed by atoms with Crippen LogP contribution < -0.4 is 0 Å². The summed E-state index contributed by atoms with van der Waals surface area (Å²) in [6.45, 7) is 18.2. The molecular weight excluding hydrogens is 378 g/mol. The Morgan fingerprint density at radius 2 is 1.66 bits per heavy atom. The lowest BCUT2D eigenvalue weighted by atomic mass is 10.1. The van der Waals surface area contributed by atoms with E-state index in [1.54, 1.807) is 13.1 Å². The number of benzene rings is 2. The largest absolute Gasteiger partial charge is 0.295 e. The summed E-state index contributed by atoms with van der Waals surface area (Å²) in [5.41, 5.74) is 3.88. The molecule has 0 unspecified atom stereocenters. The molecule has 0 amide bonds. The number of hydrogen-bond acceptors (Lipinski definition) is 2. The van der Waals surface area contributed by atoms with Gasteiger partial charge in [0.1, 0.15) is 0 Å². The minimum atomic E-state index is 0.0764. The van der Waals surface area contributed by atoms with Crippen LogP contribution in [0.25, 0.3) is 0 Å². The van der Waals surface area contributed by atoms with Crippen molar-refractivity contribution < 1.29 is 4.79 Å². The minimum Gasteiger partial charge on any atom is -0.295 e. The van der Waals surface area contributed by atoms with Crippen molar-refractivity contribution >= 4 is 29.3 Å². The van der Waals surface area contributed by atoms with Crippen LogP contribution >= 0.6 is 11.6 Å². The fourth-order valence-corrected chi connectivity index (χ4v) is 2.25. The summed E-state index contributed by atoms with van der Waals surface area (Å²) in [7, 11) is 0. The van der Waals surface area contributed by atoms with E-state index >= 15 is 0 Å². The molecule has 3 heteroatoms. The van der Waals surface area contributed by atoms with Crippen molar-refractivity contribution in [3.63, 3.8) is 0 Å². The topological polar surface area (TPSA) is 29.4 Å². The Bertz CT molecular complexity index is 701. The number of carbonyl (C=O) groups excluding carboxylic acids is 1. The summed E-state index contributed by atoms with van der Waals surface area (Å²) in [5.74, 6) is 1.01. The number of carbonyl (C=O) groups is 1. The molecule has 0 radical (unpaired) electrons. The van der Waals surface area contributed by atoms with Gasteiger partial charge in [0, 0.05) is 16.8 Å². The van der Waals surface area contributed by atoms with Crippen molar-refractivity contribution in [3.05, 3.63) is 64.2 Å². The highest BCUT2D eigenvalue weighted by atomic mass is 35.5. The standard InChI is InChI=1S/C11H13NO.C7H7Cl.C6H14.C2H6/c1-4-12-11-7-10(9(3)13)6-5-8(11)2;1-6-3-2-4-7(8)5-6;1-4-6(3)5-2;1-2/h4-7H,1-3H3;2-5H,1H3;6H,4-5H2,1-3H3;1-2H3. The van der Waals surface area contributed by atoms with Crippen LogP contribution in [-0.4, -0.2) is 12.0 Å². The van der Waals surface area contributed by atoms with Crippen LogP contribution in [0.15, 0.2) is 47.5 Å². The van der Waals surface area contributed by atoms with Gasteiger partial charge < -0.3 is 0 Å². The maximum absolute atomic E-state index is 11.1. The third-order valence-electron chi connectivity index (χ3n) is 4.26. The van der Waals surface area contributed by atoms with Gasteiger partial charge in [-0.1, -0.05) is 83.3 Å². The van der Waals surface area contributed by atoms with Gasteiger partial charge in [0.2, 0.25) is 0 Å². The SMILES string of the molecule is CC.CC=Nc1cc(C(C)=O)ccc1C.CCC(C)CC.Cc1cccc(Cl)c1. The Kier molecular flexibility index (Phi) is 18.3. The number of Topliss-reactive ketones (excluding diaryl/α,β-unsaturated/α-hetero) is 1. The molecule has 0 aromatic heterocycles. The Morgan fingerprint density at radius 1 is 1.07 bits per heavy atom. The molecule has 0 fully saturated rings. The lowest BCUT2D eigenvalue weighted by molar-refractivity contribution is 0.101. The highest BCUT2D eigenvalue weighted by molar-refractivity contribution is 6.30. The molecule has 2 aromatic rings. The van der Waals surface area contributed by atoms with E-state index in [0.29, 0.717) is 5.56 Å². The van der Waals surface area contributed by atoms with E-state index in [4.69, 9.17) is 11.6 Å². The number of aliphatic imine (C=N–C) groups is 1. The zero-order valence-electron chi connectivity index (χ0n) is 19.8. The van der Waals surface area contributed by atoms with Crippen molar-refractivity contribution in [2.75, 3.05) is 0 Å². The van der Waals surface area contributed by atoms with Gasteiger partial charge >= 0.3 is 0 Å². The summed E-state index contributed by atoms with van der Waals surface area (Å²) in [4.78, 5) is 15.2. The molecule has 0 saturated heterocycles. The van der Waals surface area contributed by atoms with Gasteiger partial charge in [-0.15, -0.1) is 0 Å². The number of aryl methyl sites for hydroxylation is 2. The molecule has 0 spiro atoms. The van der Waals surface area contributed by atoms with Gasteiger partial charge in [-0.3, -0.25) is 9.79 Å². The van der Waals surface area contributed by atoms with Crippen molar-refractivity contribution in [1.82, 2.24) is 0 Å². The second-order valence-corrected chi connectivity index (χ2v) is 7.10. The molecule has 0 bridgehead atoms. The van der Waals surface area contributed by atoms with Crippen molar-refractivity contribution in [2.24, 2.45) is 10.9 Å². The molecule has 0 N–H and O–H groups in total. The molecule has 0 atom stereocenters. The summed E-state index contributed by atoms with van der Waals surface area (Å²) >= 11 is 5.64. The van der Waals surface area contributed by atoms with E-state index in [0.717, 1.165) is 22.2 Å². The average Bonchev–Trinajstić information content (AvgIpc) is 2.71. The van der Waals surface area contributed by atoms with E-state index in [1.807, 2.05) is 77.1 Å². The minimum absolute atomic E-state index is 0.0764. The Morgan fingerprint density at radius 3 is 2.00 bits per heavy atom. The predicted octanol–water partition coefficient (Wildman–Crippen LogP) is 9.04. The number of ketones is 1. The normalized spacial score (nSPS) is 9.62. The van der Waals surface area contributed by atoms with Crippen LogP contribution in [0, 0.1) is 19.8 Å². The molecule has 0 heterocycles. The molecule has 0 aliphatic carbocycles. The van der Waals surface area contributed by atoms with Gasteiger partial charge in [0.15, 0.2) is 5.78 Å². The Labute approximate surface area is 184 Å². The number of hydrogen-bond donors (Lipinski definition) is 0. The molecule has 0 aliphatic heterocycles. The fourth-order valence-electron chi connectivity index (χ4n) is 2.00. The summed E-state index contributed by atoms with van der Waals surface area (Å²) < 4.78 is 0. The lowest BCUT2D eigenvalue weighted by Crippen LogP contribution is -1.91. The molecule has 162 valence electrons. The molecule has 2 rings (SSSR count). The fraction of sp³-hybridized carbons (Fsp3) is 0.462. The monoisotopic (exact) mass is 417 g/mol. The van der Waals surface area contributed by atoms with Crippen LogP contribution in [0.4, 0.5) is 5.69 Å². The summed E-state index contributed by atoms with van der Waals surface area (Å²) in [6, 6.07) is 13.3. The first kappa shape index (κ1) is 29.3. The Hall–Kier alpha value is -1.93. The second-order valence-electron chi connectivity index (χ2n) is 6.67. The maximum Gasteiger partial charge on any atom is 0.159 e. The summed E-state index contributed by atoms with van der Waals surface area (Å²) in [5, 5.41) is 0.810. The molecule has 0 saturated carbocycles. The van der Waals surface area contributed by atoms with Gasteiger partial charge in [-0.25, -0.2) is 0 Å². The number of halogens is 1.